The Labute approximate surface area is 181 Å². The monoisotopic (exact) mass is 423 g/mol. The Kier molecular flexibility index (Phi) is 5.35. The van der Waals surface area contributed by atoms with E-state index in [-0.39, 0.29) is 11.9 Å². The molecule has 0 bridgehead atoms. The van der Waals surface area contributed by atoms with Crippen molar-refractivity contribution in [2.24, 2.45) is 0 Å². The second-order valence-electron chi connectivity index (χ2n) is 8.08. The van der Waals surface area contributed by atoms with E-state index in [9.17, 15) is 4.79 Å². The zero-order valence-corrected chi connectivity index (χ0v) is 17.7. The smallest absolute Gasteiger partial charge is 0.239 e. The lowest BCUT2D eigenvalue weighted by Crippen LogP contribution is -2.55. The number of carbonyl (C=O) groups is 1. The van der Waals surface area contributed by atoms with Gasteiger partial charge in [0.05, 0.1) is 22.1 Å². The summed E-state index contributed by atoms with van der Waals surface area (Å²) in [6, 6.07) is 14.1. The van der Waals surface area contributed by atoms with Gasteiger partial charge in [0.15, 0.2) is 0 Å². The van der Waals surface area contributed by atoms with Crippen molar-refractivity contribution in [3.63, 3.8) is 0 Å². The molecule has 0 aliphatic carbocycles. The number of amides is 1. The predicted octanol–water partition coefficient (Wildman–Crippen LogP) is 3.67. The van der Waals surface area contributed by atoms with Gasteiger partial charge in [-0.25, -0.2) is 4.98 Å². The topological polar surface area (TPSA) is 64.3 Å². The van der Waals surface area contributed by atoms with Crippen LogP contribution in [0.5, 0.6) is 0 Å². The molecule has 0 saturated carbocycles. The summed E-state index contributed by atoms with van der Waals surface area (Å²) in [6.45, 7) is 4.09. The van der Waals surface area contributed by atoms with Gasteiger partial charge < -0.3 is 20.1 Å². The van der Waals surface area contributed by atoms with E-state index in [2.05, 4.69) is 27.3 Å². The molecule has 5 rings (SSSR count). The maximum atomic E-state index is 12.8. The van der Waals surface area contributed by atoms with E-state index in [1.54, 1.807) is 0 Å². The van der Waals surface area contributed by atoms with Gasteiger partial charge >= 0.3 is 0 Å². The van der Waals surface area contributed by atoms with Crippen LogP contribution in [0.25, 0.3) is 22.4 Å². The van der Waals surface area contributed by atoms with Crippen molar-refractivity contribution in [3.8, 4) is 11.4 Å². The van der Waals surface area contributed by atoms with E-state index in [1.807, 2.05) is 35.2 Å². The lowest BCUT2D eigenvalue weighted by molar-refractivity contribution is -0.134. The highest BCUT2D eigenvalue weighted by molar-refractivity contribution is 6.33. The minimum atomic E-state index is 0.000481. The minimum absolute atomic E-state index is 0.000481. The van der Waals surface area contributed by atoms with E-state index in [4.69, 9.17) is 16.6 Å². The van der Waals surface area contributed by atoms with Crippen LogP contribution in [0.1, 0.15) is 19.3 Å². The standard InChI is InChI=1S/C23H26ClN5O/c24-18-9-8-16(15-17(18)22-26-19-5-1-2-6-20(19)27-22)28-11-13-29(14-12-28)23(30)21-7-3-4-10-25-21/h1-2,5-6,8-9,15,21,25H,3-4,7,10-14H2,(H,26,27)/t21-/m1/s1. The number of carbonyl (C=O) groups excluding carboxylic acids is 1. The molecule has 2 aliphatic heterocycles. The molecule has 2 aromatic carbocycles. The number of piperazine rings is 1. The Morgan fingerprint density at radius 2 is 1.90 bits per heavy atom. The van der Waals surface area contributed by atoms with Gasteiger partial charge in [-0.05, 0) is 49.7 Å². The molecular formula is C23H26ClN5O. The van der Waals surface area contributed by atoms with Crippen molar-refractivity contribution in [2.75, 3.05) is 37.6 Å². The van der Waals surface area contributed by atoms with Crippen LogP contribution in [0.2, 0.25) is 5.02 Å². The van der Waals surface area contributed by atoms with Crippen molar-refractivity contribution in [2.45, 2.75) is 25.3 Å². The van der Waals surface area contributed by atoms with Gasteiger partial charge in [-0.3, -0.25) is 4.79 Å². The highest BCUT2D eigenvalue weighted by Crippen LogP contribution is 2.32. The predicted molar refractivity (Wildman–Crippen MR) is 121 cm³/mol. The Morgan fingerprint density at radius 3 is 2.67 bits per heavy atom. The fraction of sp³-hybridized carbons (Fsp3) is 0.391. The number of piperidine rings is 1. The minimum Gasteiger partial charge on any atom is -0.368 e. The highest BCUT2D eigenvalue weighted by atomic mass is 35.5. The van der Waals surface area contributed by atoms with Gasteiger partial charge in [-0.1, -0.05) is 30.2 Å². The third-order valence-corrected chi connectivity index (χ3v) is 6.49. The van der Waals surface area contributed by atoms with Crippen LogP contribution in [0, 0.1) is 0 Å². The fourth-order valence-electron chi connectivity index (χ4n) is 4.44. The molecule has 1 atom stereocenters. The zero-order valence-electron chi connectivity index (χ0n) is 16.9. The van der Waals surface area contributed by atoms with Crippen LogP contribution in [-0.2, 0) is 4.79 Å². The Bertz CT molecular complexity index is 1020. The number of para-hydroxylation sites is 2. The number of aromatic amines is 1. The van der Waals surface area contributed by atoms with Crippen LogP contribution in [0.4, 0.5) is 5.69 Å². The normalized spacial score (nSPS) is 20.0. The van der Waals surface area contributed by atoms with Gasteiger partial charge in [0.25, 0.3) is 0 Å². The number of anilines is 1. The number of hydrogen-bond acceptors (Lipinski definition) is 4. The number of halogens is 1. The molecule has 156 valence electrons. The maximum Gasteiger partial charge on any atom is 0.239 e. The summed E-state index contributed by atoms with van der Waals surface area (Å²) in [5.74, 6) is 1.04. The molecule has 0 unspecified atom stereocenters. The average molecular weight is 424 g/mol. The molecule has 1 aromatic heterocycles. The maximum absolute atomic E-state index is 12.8. The fourth-order valence-corrected chi connectivity index (χ4v) is 4.65. The molecular weight excluding hydrogens is 398 g/mol. The number of fused-ring (bicyclic) bond motifs is 1. The number of rotatable bonds is 3. The molecule has 2 N–H and O–H groups in total. The number of hydrogen-bond donors (Lipinski definition) is 2. The molecule has 2 saturated heterocycles. The summed E-state index contributed by atoms with van der Waals surface area (Å²) in [5.41, 5.74) is 3.93. The van der Waals surface area contributed by atoms with E-state index in [0.29, 0.717) is 5.02 Å². The van der Waals surface area contributed by atoms with Crippen molar-refractivity contribution in [1.29, 1.82) is 0 Å². The van der Waals surface area contributed by atoms with Gasteiger partial charge in [-0.15, -0.1) is 0 Å². The summed E-state index contributed by atoms with van der Waals surface area (Å²) >= 11 is 6.51. The summed E-state index contributed by atoms with van der Waals surface area (Å²) in [5, 5.41) is 4.05. The second kappa shape index (κ2) is 8.28. The summed E-state index contributed by atoms with van der Waals surface area (Å²) in [4.78, 5) is 25.2. The average Bonchev–Trinajstić information content (AvgIpc) is 3.24. The first-order chi connectivity index (χ1) is 14.7. The molecule has 2 aliphatic rings. The van der Waals surface area contributed by atoms with E-state index < -0.39 is 0 Å². The number of nitrogens with zero attached hydrogens (tertiary/aromatic N) is 3. The Hall–Kier alpha value is -2.57. The largest absolute Gasteiger partial charge is 0.368 e. The van der Waals surface area contributed by atoms with Crippen LogP contribution in [0.15, 0.2) is 42.5 Å². The molecule has 3 aromatic rings. The van der Waals surface area contributed by atoms with Crippen molar-refractivity contribution in [1.82, 2.24) is 20.2 Å². The molecule has 1 amide bonds. The van der Waals surface area contributed by atoms with Crippen molar-refractivity contribution < 1.29 is 4.79 Å². The molecule has 3 heterocycles. The Morgan fingerprint density at radius 1 is 1.07 bits per heavy atom. The molecule has 0 radical (unpaired) electrons. The Balaban J connectivity index is 1.31. The first kappa shape index (κ1) is 19.4. The van der Waals surface area contributed by atoms with Crippen LogP contribution >= 0.6 is 11.6 Å². The number of nitrogens with one attached hydrogen (secondary N) is 2. The van der Waals surface area contributed by atoms with Gasteiger partial charge in [0, 0.05) is 37.4 Å². The van der Waals surface area contributed by atoms with Gasteiger partial charge in [0.2, 0.25) is 5.91 Å². The van der Waals surface area contributed by atoms with E-state index in [1.165, 1.54) is 6.42 Å². The third-order valence-electron chi connectivity index (χ3n) is 6.16. The first-order valence-electron chi connectivity index (χ1n) is 10.7. The molecule has 30 heavy (non-hydrogen) atoms. The molecule has 0 spiro atoms. The quantitative estimate of drug-likeness (QED) is 0.674. The van der Waals surface area contributed by atoms with Gasteiger partial charge in [-0.2, -0.15) is 0 Å². The van der Waals surface area contributed by atoms with Crippen LogP contribution < -0.4 is 10.2 Å². The number of H-pyrrole nitrogens is 1. The van der Waals surface area contributed by atoms with Crippen molar-refractivity contribution >= 4 is 34.2 Å². The molecule has 6 nitrogen and oxygen atoms in total. The summed E-state index contributed by atoms with van der Waals surface area (Å²) < 4.78 is 0. The van der Waals surface area contributed by atoms with Gasteiger partial charge in [0.1, 0.15) is 5.82 Å². The zero-order chi connectivity index (χ0) is 20.5. The second-order valence-corrected chi connectivity index (χ2v) is 8.49. The van der Waals surface area contributed by atoms with Crippen LogP contribution in [0.3, 0.4) is 0 Å². The lowest BCUT2D eigenvalue weighted by atomic mass is 10.0. The van der Waals surface area contributed by atoms with Crippen molar-refractivity contribution in [3.05, 3.63) is 47.5 Å². The molecule has 2 fully saturated rings. The number of benzene rings is 2. The summed E-state index contributed by atoms with van der Waals surface area (Å²) in [7, 11) is 0. The number of aromatic nitrogens is 2. The molecule has 7 heteroatoms. The lowest BCUT2D eigenvalue weighted by Gasteiger charge is -2.38. The highest BCUT2D eigenvalue weighted by Gasteiger charge is 2.28. The third kappa shape index (κ3) is 3.77. The first-order valence-corrected chi connectivity index (χ1v) is 11.1. The number of imidazole rings is 1. The van der Waals surface area contributed by atoms with Crippen LogP contribution in [-0.4, -0.2) is 59.5 Å². The summed E-state index contributed by atoms with van der Waals surface area (Å²) in [6.07, 6.45) is 3.26. The SMILES string of the molecule is O=C([C@H]1CCCCN1)N1CCN(c2ccc(Cl)c(-c3nc4ccccc4[nH]3)c2)CC1. The van der Waals surface area contributed by atoms with E-state index >= 15 is 0 Å². The van der Waals surface area contributed by atoms with E-state index in [0.717, 1.165) is 73.7 Å².